The summed E-state index contributed by atoms with van der Waals surface area (Å²) in [5, 5.41) is 12.7. The number of nitrogens with zero attached hydrogens (tertiary/aromatic N) is 2. The molecule has 1 heterocycles. The lowest BCUT2D eigenvalue weighted by Gasteiger charge is -2.17. The number of nitrogens with two attached hydrogens (primary N) is 1. The highest BCUT2D eigenvalue weighted by atomic mass is 32.1. The summed E-state index contributed by atoms with van der Waals surface area (Å²) in [5.41, 5.74) is 5.97. The Morgan fingerprint density at radius 3 is 2.80 bits per heavy atom. The molecular weight excluding hydrogens is 278 g/mol. The van der Waals surface area contributed by atoms with Crippen LogP contribution in [-0.4, -0.2) is 22.8 Å². The molecule has 0 aliphatic carbocycles. The van der Waals surface area contributed by atoms with Crippen LogP contribution in [0.4, 0.5) is 11.4 Å². The van der Waals surface area contributed by atoms with Gasteiger partial charge in [0.05, 0.1) is 17.0 Å². The largest absolute Gasteiger partial charge is 0.398 e. The number of amides is 1. The van der Waals surface area contributed by atoms with E-state index in [0.717, 1.165) is 4.88 Å². The molecule has 0 aliphatic rings. The van der Waals surface area contributed by atoms with Gasteiger partial charge >= 0.3 is 0 Å². The number of carbonyl (C=O) groups excluding carboxylic acids is 1. The normalized spacial score (nSPS) is 10.2. The van der Waals surface area contributed by atoms with E-state index in [9.17, 15) is 14.9 Å². The summed E-state index contributed by atoms with van der Waals surface area (Å²) in [6.07, 6.45) is 0. The first-order valence-corrected chi connectivity index (χ1v) is 6.69. The number of non-ortho nitro benzene ring substituents is 1. The highest BCUT2D eigenvalue weighted by Crippen LogP contribution is 2.22. The number of hydrogen-bond acceptors (Lipinski definition) is 5. The van der Waals surface area contributed by atoms with Crippen LogP contribution < -0.4 is 5.73 Å². The molecular formula is C13H13N3O3S. The molecule has 6 nitrogen and oxygen atoms in total. The van der Waals surface area contributed by atoms with Crippen LogP contribution in [0.3, 0.4) is 0 Å². The average molecular weight is 291 g/mol. The zero-order valence-corrected chi connectivity index (χ0v) is 11.6. The van der Waals surface area contributed by atoms with Crippen molar-refractivity contribution in [3.8, 4) is 0 Å². The Hall–Kier alpha value is -2.41. The Bertz CT molecular complexity index is 640. The first-order valence-electron chi connectivity index (χ1n) is 5.81. The fourth-order valence-electron chi connectivity index (χ4n) is 1.76. The van der Waals surface area contributed by atoms with Crippen molar-refractivity contribution in [2.45, 2.75) is 6.54 Å². The number of benzene rings is 1. The van der Waals surface area contributed by atoms with Gasteiger partial charge in [-0.15, -0.1) is 11.3 Å². The molecule has 1 aromatic carbocycles. The van der Waals surface area contributed by atoms with Crippen LogP contribution in [0, 0.1) is 10.1 Å². The van der Waals surface area contributed by atoms with Crippen LogP contribution in [0.5, 0.6) is 0 Å². The van der Waals surface area contributed by atoms with E-state index in [-0.39, 0.29) is 22.8 Å². The minimum Gasteiger partial charge on any atom is -0.398 e. The first-order chi connectivity index (χ1) is 9.49. The Balaban J connectivity index is 2.23. The molecule has 2 N–H and O–H groups in total. The van der Waals surface area contributed by atoms with Crippen LogP contribution in [-0.2, 0) is 6.54 Å². The Kier molecular flexibility index (Phi) is 3.99. The standard InChI is InChI=1S/C13H13N3O3S/c1-15(8-10-3-2-6-20-10)13(17)11-7-9(16(18)19)4-5-12(11)14/h2-7H,8,14H2,1H3. The lowest BCUT2D eigenvalue weighted by Crippen LogP contribution is -2.26. The number of nitro benzene ring substituents is 1. The van der Waals surface area contributed by atoms with Gasteiger partial charge in [-0.05, 0) is 17.5 Å². The summed E-state index contributed by atoms with van der Waals surface area (Å²) in [4.78, 5) is 25.0. The van der Waals surface area contributed by atoms with Gasteiger partial charge in [0, 0.05) is 29.7 Å². The molecule has 0 saturated heterocycles. The highest BCUT2D eigenvalue weighted by molar-refractivity contribution is 7.09. The van der Waals surface area contributed by atoms with Crippen molar-refractivity contribution in [2.75, 3.05) is 12.8 Å². The summed E-state index contributed by atoms with van der Waals surface area (Å²) in [7, 11) is 1.64. The predicted octanol–water partition coefficient (Wildman–Crippen LogP) is 2.51. The first kappa shape index (κ1) is 14.0. The van der Waals surface area contributed by atoms with E-state index in [1.807, 2.05) is 17.5 Å². The van der Waals surface area contributed by atoms with Crippen LogP contribution in [0.25, 0.3) is 0 Å². The molecule has 7 heteroatoms. The zero-order chi connectivity index (χ0) is 14.7. The fraction of sp³-hybridized carbons (Fsp3) is 0.154. The van der Waals surface area contributed by atoms with Crippen molar-refractivity contribution in [3.63, 3.8) is 0 Å². The lowest BCUT2D eigenvalue weighted by atomic mass is 10.1. The van der Waals surface area contributed by atoms with E-state index in [0.29, 0.717) is 6.54 Å². The third kappa shape index (κ3) is 2.94. The Labute approximate surface area is 119 Å². The van der Waals surface area contributed by atoms with E-state index in [4.69, 9.17) is 5.73 Å². The van der Waals surface area contributed by atoms with Crippen molar-refractivity contribution in [2.24, 2.45) is 0 Å². The molecule has 2 aromatic rings. The Morgan fingerprint density at radius 1 is 1.45 bits per heavy atom. The van der Waals surface area contributed by atoms with Gasteiger partial charge in [-0.25, -0.2) is 0 Å². The number of anilines is 1. The molecule has 0 spiro atoms. The number of carbonyl (C=O) groups is 1. The molecule has 104 valence electrons. The minimum atomic E-state index is -0.546. The van der Waals surface area contributed by atoms with Gasteiger partial charge < -0.3 is 10.6 Å². The van der Waals surface area contributed by atoms with Gasteiger partial charge in [0.1, 0.15) is 0 Å². The number of nitro groups is 1. The van der Waals surface area contributed by atoms with Crippen LogP contribution in [0.1, 0.15) is 15.2 Å². The molecule has 0 aliphatic heterocycles. The maximum Gasteiger partial charge on any atom is 0.270 e. The van der Waals surface area contributed by atoms with Crippen molar-refractivity contribution in [1.29, 1.82) is 0 Å². The molecule has 0 radical (unpaired) electrons. The molecule has 0 bridgehead atoms. The van der Waals surface area contributed by atoms with E-state index in [1.54, 1.807) is 18.4 Å². The molecule has 0 fully saturated rings. The number of rotatable bonds is 4. The third-order valence-electron chi connectivity index (χ3n) is 2.80. The lowest BCUT2D eigenvalue weighted by molar-refractivity contribution is -0.384. The van der Waals surface area contributed by atoms with Crippen molar-refractivity contribution in [3.05, 3.63) is 56.3 Å². The minimum absolute atomic E-state index is 0.146. The Morgan fingerprint density at radius 2 is 2.20 bits per heavy atom. The van der Waals surface area contributed by atoms with Gasteiger partial charge in [0.15, 0.2) is 0 Å². The van der Waals surface area contributed by atoms with E-state index >= 15 is 0 Å². The number of nitrogen functional groups attached to an aromatic ring is 1. The second-order valence-corrected chi connectivity index (χ2v) is 5.30. The number of thiophene rings is 1. The molecule has 1 aromatic heterocycles. The average Bonchev–Trinajstić information content (AvgIpc) is 2.91. The zero-order valence-electron chi connectivity index (χ0n) is 10.8. The monoisotopic (exact) mass is 291 g/mol. The smallest absolute Gasteiger partial charge is 0.270 e. The van der Waals surface area contributed by atoms with Gasteiger partial charge in [0.25, 0.3) is 11.6 Å². The topological polar surface area (TPSA) is 89.5 Å². The van der Waals surface area contributed by atoms with Crippen LogP contribution in [0.15, 0.2) is 35.7 Å². The summed E-state index contributed by atoms with van der Waals surface area (Å²) in [5.74, 6) is -0.334. The highest BCUT2D eigenvalue weighted by Gasteiger charge is 2.18. The van der Waals surface area contributed by atoms with Crippen LogP contribution >= 0.6 is 11.3 Å². The van der Waals surface area contributed by atoms with Gasteiger partial charge in [-0.2, -0.15) is 0 Å². The van der Waals surface area contributed by atoms with Gasteiger partial charge in [-0.3, -0.25) is 14.9 Å². The molecule has 0 atom stereocenters. The van der Waals surface area contributed by atoms with Gasteiger partial charge in [0.2, 0.25) is 0 Å². The van der Waals surface area contributed by atoms with Crippen LogP contribution in [0.2, 0.25) is 0 Å². The summed E-state index contributed by atoms with van der Waals surface area (Å²) in [6.45, 7) is 0.443. The predicted molar refractivity (Wildman–Crippen MR) is 77.6 cm³/mol. The fourth-order valence-corrected chi connectivity index (χ4v) is 2.51. The van der Waals surface area contributed by atoms with E-state index in [2.05, 4.69) is 0 Å². The molecule has 20 heavy (non-hydrogen) atoms. The van der Waals surface area contributed by atoms with Crippen molar-refractivity contribution in [1.82, 2.24) is 4.90 Å². The second-order valence-electron chi connectivity index (χ2n) is 4.27. The maximum atomic E-state index is 12.3. The summed E-state index contributed by atoms with van der Waals surface area (Å²) in [6, 6.07) is 7.70. The molecule has 0 saturated carbocycles. The van der Waals surface area contributed by atoms with Crippen molar-refractivity contribution < 1.29 is 9.72 Å². The second kappa shape index (κ2) is 5.70. The maximum absolute atomic E-state index is 12.3. The summed E-state index contributed by atoms with van der Waals surface area (Å²) >= 11 is 1.54. The SMILES string of the molecule is CN(Cc1cccs1)C(=O)c1cc([N+](=O)[O-])ccc1N. The number of hydrogen-bond donors (Lipinski definition) is 1. The van der Waals surface area contributed by atoms with E-state index < -0.39 is 4.92 Å². The van der Waals surface area contributed by atoms with E-state index in [1.165, 1.54) is 23.1 Å². The molecule has 2 rings (SSSR count). The van der Waals surface area contributed by atoms with Gasteiger partial charge in [-0.1, -0.05) is 6.07 Å². The van der Waals surface area contributed by atoms with Crippen molar-refractivity contribution >= 4 is 28.6 Å². The molecule has 0 unspecified atom stereocenters. The third-order valence-corrected chi connectivity index (χ3v) is 3.66. The quantitative estimate of drug-likeness (QED) is 0.532. The summed E-state index contributed by atoms with van der Waals surface area (Å²) < 4.78 is 0. The molecule has 1 amide bonds.